The largest absolute Gasteiger partial charge is 0.493 e. The van der Waals surface area contributed by atoms with Gasteiger partial charge in [0.25, 0.3) is 10.0 Å². The SMILES string of the molecule is COc1ccc(CN(c2cccc(C)c2)S(=O)(=O)c2cc(F)ccc2C)cc1OC. The Hall–Kier alpha value is -3.06. The number of halogens is 1. The molecule has 3 rings (SSSR count). The molecule has 0 bridgehead atoms. The van der Waals surface area contributed by atoms with Gasteiger partial charge < -0.3 is 9.47 Å². The second kappa shape index (κ2) is 8.75. The predicted octanol–water partition coefficient (Wildman–Crippen LogP) is 4.86. The van der Waals surface area contributed by atoms with Crippen LogP contribution in [0.5, 0.6) is 11.5 Å². The number of nitrogens with zero attached hydrogens (tertiary/aromatic N) is 1. The molecule has 0 aliphatic carbocycles. The second-order valence-electron chi connectivity index (χ2n) is 6.95. The zero-order valence-corrected chi connectivity index (χ0v) is 18.2. The van der Waals surface area contributed by atoms with Gasteiger partial charge >= 0.3 is 0 Å². The Balaban J connectivity index is 2.13. The molecular formula is C23H24FNO4S. The van der Waals surface area contributed by atoms with Crippen molar-refractivity contribution in [2.24, 2.45) is 0 Å². The predicted molar refractivity (Wildman–Crippen MR) is 115 cm³/mol. The molecule has 0 aromatic heterocycles. The molecule has 0 N–H and O–H groups in total. The summed E-state index contributed by atoms with van der Waals surface area (Å²) in [4.78, 5) is -0.0653. The van der Waals surface area contributed by atoms with Crippen LogP contribution in [0.1, 0.15) is 16.7 Å². The van der Waals surface area contributed by atoms with Crippen LogP contribution in [0.3, 0.4) is 0 Å². The van der Waals surface area contributed by atoms with Crippen LogP contribution in [-0.2, 0) is 16.6 Å². The lowest BCUT2D eigenvalue weighted by Crippen LogP contribution is -2.31. The topological polar surface area (TPSA) is 55.8 Å². The summed E-state index contributed by atoms with van der Waals surface area (Å²) in [5, 5.41) is 0. The Morgan fingerprint density at radius 3 is 2.30 bits per heavy atom. The lowest BCUT2D eigenvalue weighted by molar-refractivity contribution is 0.354. The lowest BCUT2D eigenvalue weighted by Gasteiger charge is -2.26. The van der Waals surface area contributed by atoms with E-state index in [-0.39, 0.29) is 11.4 Å². The van der Waals surface area contributed by atoms with Gasteiger partial charge in [0, 0.05) is 0 Å². The third-order valence-corrected chi connectivity index (χ3v) is 6.70. The van der Waals surface area contributed by atoms with E-state index in [1.165, 1.54) is 30.7 Å². The Morgan fingerprint density at radius 1 is 0.900 bits per heavy atom. The summed E-state index contributed by atoms with van der Waals surface area (Å²) in [6, 6.07) is 16.2. The van der Waals surface area contributed by atoms with Gasteiger partial charge in [-0.3, -0.25) is 4.31 Å². The number of hydrogen-bond acceptors (Lipinski definition) is 4. The van der Waals surface area contributed by atoms with Crippen LogP contribution in [0.15, 0.2) is 65.6 Å². The first-order valence-corrected chi connectivity index (χ1v) is 10.8. The molecule has 0 radical (unpaired) electrons. The highest BCUT2D eigenvalue weighted by Crippen LogP contribution is 2.32. The number of anilines is 1. The van der Waals surface area contributed by atoms with Crippen molar-refractivity contribution in [2.75, 3.05) is 18.5 Å². The molecule has 3 aromatic rings. The number of sulfonamides is 1. The Labute approximate surface area is 176 Å². The molecule has 0 fully saturated rings. The molecule has 0 atom stereocenters. The van der Waals surface area contributed by atoms with Crippen molar-refractivity contribution < 1.29 is 22.3 Å². The second-order valence-corrected chi connectivity index (χ2v) is 8.78. The minimum absolute atomic E-state index is 0.0437. The highest BCUT2D eigenvalue weighted by molar-refractivity contribution is 7.92. The van der Waals surface area contributed by atoms with Gasteiger partial charge in [-0.05, 0) is 66.9 Å². The van der Waals surface area contributed by atoms with Crippen LogP contribution in [0.25, 0.3) is 0 Å². The van der Waals surface area contributed by atoms with Crippen molar-refractivity contribution in [1.82, 2.24) is 0 Å². The lowest BCUT2D eigenvalue weighted by atomic mass is 10.2. The maximum atomic E-state index is 13.9. The first-order chi connectivity index (χ1) is 14.3. The van der Waals surface area contributed by atoms with Crippen molar-refractivity contribution in [3.63, 3.8) is 0 Å². The smallest absolute Gasteiger partial charge is 0.264 e. The zero-order chi connectivity index (χ0) is 21.9. The van der Waals surface area contributed by atoms with Crippen LogP contribution >= 0.6 is 0 Å². The minimum atomic E-state index is -4.04. The van der Waals surface area contributed by atoms with E-state index in [1.807, 2.05) is 13.0 Å². The standard InChI is InChI=1S/C23H24FNO4S/c1-16-6-5-7-20(12-16)25(15-18-9-11-21(28-3)22(13-18)29-4)30(26,27)23-14-19(24)10-8-17(23)2/h5-14H,15H2,1-4H3. The summed E-state index contributed by atoms with van der Waals surface area (Å²) in [6.07, 6.45) is 0. The number of hydrogen-bond donors (Lipinski definition) is 0. The van der Waals surface area contributed by atoms with Crippen molar-refractivity contribution in [1.29, 1.82) is 0 Å². The maximum Gasteiger partial charge on any atom is 0.264 e. The highest BCUT2D eigenvalue weighted by atomic mass is 32.2. The fraction of sp³-hybridized carbons (Fsp3) is 0.217. The first kappa shape index (κ1) is 21.6. The van der Waals surface area contributed by atoms with E-state index in [0.29, 0.717) is 28.3 Å². The van der Waals surface area contributed by atoms with E-state index < -0.39 is 15.8 Å². The molecule has 0 aliphatic rings. The van der Waals surface area contributed by atoms with Gasteiger partial charge in [-0.15, -0.1) is 0 Å². The molecule has 3 aromatic carbocycles. The molecule has 0 aliphatic heterocycles. The van der Waals surface area contributed by atoms with E-state index in [9.17, 15) is 12.8 Å². The maximum absolute atomic E-state index is 13.9. The van der Waals surface area contributed by atoms with Gasteiger partial charge in [0.15, 0.2) is 11.5 Å². The van der Waals surface area contributed by atoms with Crippen molar-refractivity contribution in [3.05, 3.63) is 83.2 Å². The average molecular weight is 430 g/mol. The molecule has 158 valence electrons. The van der Waals surface area contributed by atoms with Crippen LogP contribution in [-0.4, -0.2) is 22.6 Å². The average Bonchev–Trinajstić information content (AvgIpc) is 2.73. The molecular weight excluding hydrogens is 405 g/mol. The molecule has 30 heavy (non-hydrogen) atoms. The molecule has 0 saturated carbocycles. The van der Waals surface area contributed by atoms with Crippen molar-refractivity contribution in [3.8, 4) is 11.5 Å². The molecule has 0 heterocycles. The van der Waals surface area contributed by atoms with Gasteiger partial charge in [0.2, 0.25) is 0 Å². The fourth-order valence-electron chi connectivity index (χ4n) is 3.21. The van der Waals surface area contributed by atoms with Gasteiger partial charge in [0.05, 0.1) is 31.3 Å². The van der Waals surface area contributed by atoms with Crippen molar-refractivity contribution >= 4 is 15.7 Å². The summed E-state index contributed by atoms with van der Waals surface area (Å²) >= 11 is 0. The van der Waals surface area contributed by atoms with Gasteiger partial charge in [-0.2, -0.15) is 0 Å². The quantitative estimate of drug-likeness (QED) is 0.539. The molecule has 7 heteroatoms. The Bertz CT molecular complexity index is 1160. The van der Waals surface area contributed by atoms with E-state index in [4.69, 9.17) is 9.47 Å². The number of ether oxygens (including phenoxy) is 2. The van der Waals surface area contributed by atoms with E-state index in [2.05, 4.69) is 0 Å². The number of aryl methyl sites for hydroxylation is 2. The number of methoxy groups -OCH3 is 2. The van der Waals surface area contributed by atoms with Crippen LogP contribution in [0.4, 0.5) is 10.1 Å². The Morgan fingerprint density at radius 2 is 1.63 bits per heavy atom. The summed E-state index contributed by atoms with van der Waals surface area (Å²) < 4.78 is 53.0. The third kappa shape index (κ3) is 4.41. The number of rotatable bonds is 7. The normalized spacial score (nSPS) is 11.2. The van der Waals surface area contributed by atoms with Gasteiger partial charge in [0.1, 0.15) is 5.82 Å². The third-order valence-electron chi connectivity index (χ3n) is 4.78. The zero-order valence-electron chi connectivity index (χ0n) is 17.3. The van der Waals surface area contributed by atoms with E-state index >= 15 is 0 Å². The highest BCUT2D eigenvalue weighted by Gasteiger charge is 2.28. The molecule has 0 saturated heterocycles. The molecule has 0 unspecified atom stereocenters. The molecule has 0 spiro atoms. The number of benzene rings is 3. The minimum Gasteiger partial charge on any atom is -0.493 e. The van der Waals surface area contributed by atoms with Crippen molar-refractivity contribution in [2.45, 2.75) is 25.3 Å². The monoisotopic (exact) mass is 429 g/mol. The van der Waals surface area contributed by atoms with Crippen LogP contribution < -0.4 is 13.8 Å². The molecule has 0 amide bonds. The van der Waals surface area contributed by atoms with Crippen LogP contribution in [0, 0.1) is 19.7 Å². The first-order valence-electron chi connectivity index (χ1n) is 9.32. The van der Waals surface area contributed by atoms with Gasteiger partial charge in [-0.25, -0.2) is 12.8 Å². The van der Waals surface area contributed by atoms with Crippen LogP contribution in [0.2, 0.25) is 0 Å². The molecule has 5 nitrogen and oxygen atoms in total. The van der Waals surface area contributed by atoms with Gasteiger partial charge in [-0.1, -0.05) is 24.3 Å². The Kier molecular flexibility index (Phi) is 6.31. The summed E-state index contributed by atoms with van der Waals surface area (Å²) in [7, 11) is -0.980. The van der Waals surface area contributed by atoms with E-state index in [0.717, 1.165) is 11.6 Å². The fourth-order valence-corrected chi connectivity index (χ4v) is 4.90. The van der Waals surface area contributed by atoms with E-state index in [1.54, 1.807) is 43.3 Å². The summed E-state index contributed by atoms with van der Waals surface area (Å²) in [6.45, 7) is 3.58. The summed E-state index contributed by atoms with van der Waals surface area (Å²) in [5.41, 5.74) is 2.58. The summed E-state index contributed by atoms with van der Waals surface area (Å²) in [5.74, 6) is 0.445.